The van der Waals surface area contributed by atoms with E-state index in [9.17, 15) is 4.79 Å². The maximum absolute atomic E-state index is 11.5. The van der Waals surface area contributed by atoms with Gasteiger partial charge in [0.1, 0.15) is 0 Å². The summed E-state index contributed by atoms with van der Waals surface area (Å²) in [5.74, 6) is 0. The maximum atomic E-state index is 11.5. The zero-order valence-corrected chi connectivity index (χ0v) is 11.6. The lowest BCUT2D eigenvalue weighted by Crippen LogP contribution is -2.38. The first-order valence-electron chi connectivity index (χ1n) is 7.16. The Bertz CT molecular complexity index is 414. The Morgan fingerprint density at radius 2 is 1.85 bits per heavy atom. The van der Waals surface area contributed by atoms with Crippen LogP contribution in [0.4, 0.5) is 4.79 Å². The van der Waals surface area contributed by atoms with E-state index in [1.54, 1.807) is 0 Å². The summed E-state index contributed by atoms with van der Waals surface area (Å²) < 4.78 is 0. The fraction of sp³-hybridized carbons (Fsp3) is 0.533. The predicted molar refractivity (Wildman–Crippen MR) is 75.9 cm³/mol. The second-order valence-electron chi connectivity index (χ2n) is 5.11. The molecule has 0 atom stereocenters. The minimum absolute atomic E-state index is 0.0550. The van der Waals surface area contributed by atoms with Crippen LogP contribution >= 0.6 is 0 Å². The van der Waals surface area contributed by atoms with Gasteiger partial charge in [0, 0.05) is 6.54 Å². The molecule has 0 aromatic heterocycles. The van der Waals surface area contributed by atoms with Gasteiger partial charge in [-0.05, 0) is 30.4 Å². The molecule has 1 aliphatic carbocycles. The number of benzene rings is 1. The molecule has 1 aromatic rings. The van der Waals surface area contributed by atoms with Crippen LogP contribution in [0.2, 0.25) is 0 Å². The number of hydrogen-bond donors (Lipinski definition) is 3. The second kappa shape index (κ2) is 7.87. The van der Waals surface area contributed by atoms with Gasteiger partial charge >= 0.3 is 6.03 Å². The highest BCUT2D eigenvalue weighted by Crippen LogP contribution is 2.19. The van der Waals surface area contributed by atoms with Gasteiger partial charge in [0.05, 0.1) is 12.7 Å². The molecule has 110 valence electrons. The molecule has 3 N–H and O–H groups in total. The molecule has 1 aliphatic rings. The average Bonchev–Trinajstić information content (AvgIpc) is 2.99. The molecule has 0 spiro atoms. The Morgan fingerprint density at radius 1 is 1.20 bits per heavy atom. The summed E-state index contributed by atoms with van der Waals surface area (Å²) in [7, 11) is 0. The first-order valence-corrected chi connectivity index (χ1v) is 7.16. The molecule has 0 saturated heterocycles. The molecule has 2 rings (SSSR count). The second-order valence-corrected chi connectivity index (χ2v) is 5.11. The molecule has 1 aromatic carbocycles. The summed E-state index contributed by atoms with van der Waals surface area (Å²) in [6.07, 6.45) is 5.33. The van der Waals surface area contributed by atoms with Crippen molar-refractivity contribution in [2.75, 3.05) is 6.54 Å². The number of carbonyl (C=O) groups is 1. The van der Waals surface area contributed by atoms with Crippen molar-refractivity contribution in [3.63, 3.8) is 0 Å². The van der Waals surface area contributed by atoms with Crippen LogP contribution in [0.3, 0.4) is 0 Å². The number of urea groups is 1. The van der Waals surface area contributed by atoms with E-state index in [0.29, 0.717) is 6.54 Å². The lowest BCUT2D eigenvalue weighted by molar-refractivity contribution is 0.000258. The Labute approximate surface area is 119 Å². The molecule has 0 heterocycles. The van der Waals surface area contributed by atoms with Gasteiger partial charge in [-0.3, -0.25) is 4.84 Å². The number of rotatable bonds is 6. The van der Waals surface area contributed by atoms with Crippen molar-refractivity contribution in [1.82, 2.24) is 10.8 Å². The van der Waals surface area contributed by atoms with Crippen LogP contribution in [0, 0.1) is 0 Å². The standard InChI is InChI=1S/C15H22N2O3/c18-11-13-7-5-12(6-8-13)9-10-16-15(19)17-20-14-3-1-2-4-14/h5-8,14,18H,1-4,9-11H2,(H2,16,17,19). The van der Waals surface area contributed by atoms with Gasteiger partial charge < -0.3 is 10.4 Å². The Kier molecular flexibility index (Phi) is 5.83. The Morgan fingerprint density at radius 3 is 2.50 bits per heavy atom. The summed E-state index contributed by atoms with van der Waals surface area (Å²) in [4.78, 5) is 16.8. The van der Waals surface area contributed by atoms with Crippen LogP contribution in [-0.2, 0) is 17.9 Å². The first-order chi connectivity index (χ1) is 9.78. The van der Waals surface area contributed by atoms with Crippen molar-refractivity contribution in [2.24, 2.45) is 0 Å². The highest BCUT2D eigenvalue weighted by Gasteiger charge is 2.16. The van der Waals surface area contributed by atoms with Gasteiger partial charge in [0.25, 0.3) is 0 Å². The molecular formula is C15H22N2O3. The zero-order chi connectivity index (χ0) is 14.2. The number of carbonyl (C=O) groups excluding carboxylic acids is 1. The first kappa shape index (κ1) is 14.8. The fourth-order valence-corrected chi connectivity index (χ4v) is 2.31. The smallest absolute Gasteiger partial charge is 0.338 e. The topological polar surface area (TPSA) is 70.6 Å². The normalized spacial score (nSPS) is 15.2. The van der Waals surface area contributed by atoms with E-state index in [2.05, 4.69) is 10.8 Å². The summed E-state index contributed by atoms with van der Waals surface area (Å²) in [5, 5.41) is 11.7. The predicted octanol–water partition coefficient (Wildman–Crippen LogP) is 1.89. The SMILES string of the molecule is O=C(NCCc1ccc(CO)cc1)NOC1CCCC1. The lowest BCUT2D eigenvalue weighted by atomic mass is 10.1. The molecule has 0 aliphatic heterocycles. The summed E-state index contributed by atoms with van der Waals surface area (Å²) >= 11 is 0. The van der Waals surface area contributed by atoms with E-state index in [4.69, 9.17) is 9.94 Å². The van der Waals surface area contributed by atoms with Gasteiger partial charge in [-0.1, -0.05) is 37.1 Å². The maximum Gasteiger partial charge on any atom is 0.338 e. The van der Waals surface area contributed by atoms with Crippen molar-refractivity contribution in [1.29, 1.82) is 0 Å². The highest BCUT2D eigenvalue weighted by atomic mass is 16.7. The number of aliphatic hydroxyl groups is 1. The van der Waals surface area contributed by atoms with Crippen molar-refractivity contribution >= 4 is 6.03 Å². The molecule has 0 radical (unpaired) electrons. The fourth-order valence-electron chi connectivity index (χ4n) is 2.31. The summed E-state index contributed by atoms with van der Waals surface area (Å²) in [5.41, 5.74) is 4.46. The van der Waals surface area contributed by atoms with E-state index in [-0.39, 0.29) is 18.7 Å². The monoisotopic (exact) mass is 278 g/mol. The van der Waals surface area contributed by atoms with E-state index in [1.165, 1.54) is 12.8 Å². The van der Waals surface area contributed by atoms with Crippen LogP contribution in [0.1, 0.15) is 36.8 Å². The molecular weight excluding hydrogens is 256 g/mol. The number of aliphatic hydroxyl groups excluding tert-OH is 1. The van der Waals surface area contributed by atoms with Crippen LogP contribution in [0.25, 0.3) is 0 Å². The van der Waals surface area contributed by atoms with Gasteiger partial charge in [0.2, 0.25) is 0 Å². The summed E-state index contributed by atoms with van der Waals surface area (Å²) in [6, 6.07) is 7.40. The quantitative estimate of drug-likeness (QED) is 0.696. The zero-order valence-electron chi connectivity index (χ0n) is 11.6. The molecule has 0 bridgehead atoms. The number of hydrogen-bond acceptors (Lipinski definition) is 3. The largest absolute Gasteiger partial charge is 0.392 e. The Hall–Kier alpha value is -1.59. The van der Waals surface area contributed by atoms with Crippen LogP contribution < -0.4 is 10.8 Å². The highest BCUT2D eigenvalue weighted by molar-refractivity contribution is 5.72. The van der Waals surface area contributed by atoms with Crippen molar-refractivity contribution < 1.29 is 14.7 Å². The van der Waals surface area contributed by atoms with Crippen molar-refractivity contribution in [2.45, 2.75) is 44.8 Å². The molecule has 1 saturated carbocycles. The van der Waals surface area contributed by atoms with Gasteiger partial charge in [-0.15, -0.1) is 0 Å². The van der Waals surface area contributed by atoms with Gasteiger partial charge in [0.15, 0.2) is 0 Å². The van der Waals surface area contributed by atoms with Crippen LogP contribution in [-0.4, -0.2) is 23.8 Å². The number of nitrogens with one attached hydrogen (secondary N) is 2. The lowest BCUT2D eigenvalue weighted by Gasteiger charge is -2.12. The Balaban J connectivity index is 1.60. The third-order valence-electron chi connectivity index (χ3n) is 3.53. The van der Waals surface area contributed by atoms with Crippen molar-refractivity contribution in [3.05, 3.63) is 35.4 Å². The third-order valence-corrected chi connectivity index (χ3v) is 3.53. The average molecular weight is 278 g/mol. The van der Waals surface area contributed by atoms with E-state index < -0.39 is 0 Å². The molecule has 2 amide bonds. The van der Waals surface area contributed by atoms with Crippen LogP contribution in [0.15, 0.2) is 24.3 Å². The number of hydroxylamine groups is 1. The molecule has 5 heteroatoms. The van der Waals surface area contributed by atoms with Gasteiger partial charge in [-0.25, -0.2) is 10.3 Å². The van der Waals surface area contributed by atoms with Gasteiger partial charge in [-0.2, -0.15) is 0 Å². The third kappa shape index (κ3) is 4.83. The molecule has 5 nitrogen and oxygen atoms in total. The van der Waals surface area contributed by atoms with Crippen molar-refractivity contribution in [3.8, 4) is 0 Å². The minimum Gasteiger partial charge on any atom is -0.392 e. The van der Waals surface area contributed by atoms with E-state index >= 15 is 0 Å². The summed E-state index contributed by atoms with van der Waals surface area (Å²) in [6.45, 7) is 0.609. The van der Waals surface area contributed by atoms with E-state index in [1.807, 2.05) is 24.3 Å². The van der Waals surface area contributed by atoms with Crippen LogP contribution in [0.5, 0.6) is 0 Å². The molecule has 20 heavy (non-hydrogen) atoms. The molecule has 0 unspecified atom stereocenters. The minimum atomic E-state index is -0.288. The molecule has 1 fully saturated rings. The number of amides is 2. The van der Waals surface area contributed by atoms with E-state index in [0.717, 1.165) is 30.4 Å².